The fraction of sp³-hybridized carbons (Fsp3) is 0.889. The number of alkyl halides is 1. The van der Waals surface area contributed by atoms with Crippen molar-refractivity contribution in [2.45, 2.75) is 33.1 Å². The Hall–Kier alpha value is -0.240. The average Bonchev–Trinajstić information content (AvgIpc) is 2.10. The van der Waals surface area contributed by atoms with Gasteiger partial charge in [0.2, 0.25) is 5.91 Å². The molecule has 0 aliphatic heterocycles. The first-order chi connectivity index (χ1) is 5.76. The van der Waals surface area contributed by atoms with E-state index in [9.17, 15) is 4.79 Å². The Morgan fingerprint density at radius 1 is 1.42 bits per heavy atom. The molecule has 0 aromatic heterocycles. The van der Waals surface area contributed by atoms with Crippen LogP contribution in [0, 0.1) is 0 Å². The van der Waals surface area contributed by atoms with Gasteiger partial charge in [-0.2, -0.15) is 0 Å². The zero-order valence-corrected chi connectivity index (χ0v) is 8.73. The maximum Gasteiger partial charge on any atom is 0.222 e. The molecule has 0 saturated heterocycles. The van der Waals surface area contributed by atoms with Gasteiger partial charge < -0.3 is 4.90 Å². The van der Waals surface area contributed by atoms with Gasteiger partial charge in [0.25, 0.3) is 0 Å². The van der Waals surface area contributed by atoms with Crippen molar-refractivity contribution in [1.82, 2.24) is 4.90 Å². The van der Waals surface area contributed by atoms with Crippen LogP contribution in [0.5, 0.6) is 0 Å². The van der Waals surface area contributed by atoms with E-state index in [1.807, 2.05) is 11.8 Å². The van der Waals surface area contributed by atoms with Crippen LogP contribution in [0.25, 0.3) is 0 Å². The third kappa shape index (κ3) is 4.60. The van der Waals surface area contributed by atoms with Crippen molar-refractivity contribution < 1.29 is 4.79 Å². The van der Waals surface area contributed by atoms with Crippen molar-refractivity contribution >= 4 is 17.5 Å². The highest BCUT2D eigenvalue weighted by Crippen LogP contribution is 2.00. The van der Waals surface area contributed by atoms with E-state index in [2.05, 4.69) is 6.92 Å². The first-order valence-corrected chi connectivity index (χ1v) is 5.13. The molecule has 0 radical (unpaired) electrons. The molecule has 0 fully saturated rings. The van der Waals surface area contributed by atoms with Crippen molar-refractivity contribution in [2.75, 3.05) is 19.0 Å². The number of halogens is 1. The Labute approximate surface area is 79.9 Å². The van der Waals surface area contributed by atoms with Crippen molar-refractivity contribution in [1.29, 1.82) is 0 Å². The molecule has 0 aliphatic carbocycles. The van der Waals surface area contributed by atoms with Crippen LogP contribution in [0.2, 0.25) is 0 Å². The summed E-state index contributed by atoms with van der Waals surface area (Å²) in [4.78, 5) is 13.3. The van der Waals surface area contributed by atoms with Crippen molar-refractivity contribution in [3.8, 4) is 0 Å². The second-order valence-electron chi connectivity index (χ2n) is 2.77. The van der Waals surface area contributed by atoms with E-state index in [1.165, 1.54) is 0 Å². The predicted octanol–water partition coefficient (Wildman–Crippen LogP) is 2.26. The lowest BCUT2D eigenvalue weighted by atomic mass is 10.3. The first kappa shape index (κ1) is 11.8. The highest BCUT2D eigenvalue weighted by atomic mass is 35.5. The van der Waals surface area contributed by atoms with Crippen LogP contribution in [0.1, 0.15) is 33.1 Å². The van der Waals surface area contributed by atoms with E-state index in [0.29, 0.717) is 12.3 Å². The van der Waals surface area contributed by atoms with E-state index in [1.54, 1.807) is 0 Å². The largest absolute Gasteiger partial charge is 0.343 e. The molecule has 0 N–H and O–H groups in total. The Morgan fingerprint density at radius 3 is 2.50 bits per heavy atom. The molecule has 0 rings (SSSR count). The number of carbonyl (C=O) groups excluding carboxylic acids is 1. The minimum absolute atomic E-state index is 0.236. The van der Waals surface area contributed by atoms with E-state index in [4.69, 9.17) is 11.6 Å². The molecule has 0 saturated carbocycles. The summed E-state index contributed by atoms with van der Waals surface area (Å²) in [6, 6.07) is 0. The molecule has 0 aromatic carbocycles. The van der Waals surface area contributed by atoms with Crippen LogP contribution in [-0.2, 0) is 4.79 Å². The van der Waals surface area contributed by atoms with Crippen LogP contribution in [0.3, 0.4) is 0 Å². The molecular weight excluding hydrogens is 174 g/mol. The van der Waals surface area contributed by atoms with Crippen LogP contribution >= 0.6 is 11.6 Å². The third-order valence-electron chi connectivity index (χ3n) is 1.75. The summed E-state index contributed by atoms with van der Waals surface area (Å²) in [5.41, 5.74) is 0. The van der Waals surface area contributed by atoms with Crippen molar-refractivity contribution in [3.63, 3.8) is 0 Å². The molecule has 0 spiro atoms. The summed E-state index contributed by atoms with van der Waals surface area (Å²) in [6.07, 6.45) is 2.42. The van der Waals surface area contributed by atoms with Crippen LogP contribution in [0.15, 0.2) is 0 Å². The minimum Gasteiger partial charge on any atom is -0.343 e. The van der Waals surface area contributed by atoms with Crippen LogP contribution in [-0.4, -0.2) is 29.8 Å². The topological polar surface area (TPSA) is 20.3 Å². The number of amides is 1. The predicted molar refractivity (Wildman–Crippen MR) is 52.5 cm³/mol. The summed E-state index contributed by atoms with van der Waals surface area (Å²) < 4.78 is 0. The Kier molecular flexibility index (Phi) is 7.26. The van der Waals surface area contributed by atoms with Crippen molar-refractivity contribution in [3.05, 3.63) is 0 Å². The van der Waals surface area contributed by atoms with Gasteiger partial charge in [0.1, 0.15) is 0 Å². The minimum atomic E-state index is 0.236. The molecule has 0 unspecified atom stereocenters. The van der Waals surface area contributed by atoms with Gasteiger partial charge in [0, 0.05) is 25.4 Å². The summed E-state index contributed by atoms with van der Waals surface area (Å²) in [5.74, 6) is 0.815. The summed E-state index contributed by atoms with van der Waals surface area (Å²) >= 11 is 5.50. The lowest BCUT2D eigenvalue weighted by molar-refractivity contribution is -0.131. The van der Waals surface area contributed by atoms with Gasteiger partial charge in [-0.3, -0.25) is 4.79 Å². The lowest BCUT2D eigenvalue weighted by Crippen LogP contribution is -2.31. The fourth-order valence-corrected chi connectivity index (χ4v) is 1.24. The molecule has 12 heavy (non-hydrogen) atoms. The highest BCUT2D eigenvalue weighted by Gasteiger charge is 2.08. The van der Waals surface area contributed by atoms with E-state index in [0.717, 1.165) is 25.9 Å². The molecule has 2 nitrogen and oxygen atoms in total. The normalized spacial score (nSPS) is 9.92. The Bertz CT molecular complexity index is 128. The maximum atomic E-state index is 11.4. The summed E-state index contributed by atoms with van der Waals surface area (Å²) in [7, 11) is 0. The second kappa shape index (κ2) is 7.41. The smallest absolute Gasteiger partial charge is 0.222 e. The second-order valence-corrected chi connectivity index (χ2v) is 3.14. The van der Waals surface area contributed by atoms with Crippen LogP contribution < -0.4 is 0 Å². The van der Waals surface area contributed by atoms with Gasteiger partial charge in [0.15, 0.2) is 0 Å². The number of hydrogen-bond acceptors (Lipinski definition) is 1. The summed E-state index contributed by atoms with van der Waals surface area (Å²) in [6.45, 7) is 5.78. The van der Waals surface area contributed by atoms with Crippen molar-refractivity contribution in [2.24, 2.45) is 0 Å². The molecule has 72 valence electrons. The molecule has 1 amide bonds. The molecule has 0 aromatic rings. The van der Waals surface area contributed by atoms with E-state index in [-0.39, 0.29) is 5.91 Å². The summed E-state index contributed by atoms with van der Waals surface area (Å²) in [5, 5.41) is 0. The van der Waals surface area contributed by atoms with Gasteiger partial charge >= 0.3 is 0 Å². The third-order valence-corrected chi connectivity index (χ3v) is 2.02. The number of carbonyl (C=O) groups is 1. The maximum absolute atomic E-state index is 11.4. The molecule has 0 bridgehead atoms. The molecule has 3 heteroatoms. The number of nitrogens with zero attached hydrogens (tertiary/aromatic N) is 1. The van der Waals surface area contributed by atoms with Gasteiger partial charge in [-0.25, -0.2) is 0 Å². The standard InChI is InChI=1S/C9H18ClNO/c1-3-8-11(4-2)9(12)6-5-7-10/h3-8H2,1-2H3. The zero-order chi connectivity index (χ0) is 9.40. The fourth-order valence-electron chi connectivity index (χ4n) is 1.11. The average molecular weight is 192 g/mol. The quantitative estimate of drug-likeness (QED) is 0.590. The molecular formula is C9H18ClNO. The van der Waals surface area contributed by atoms with Gasteiger partial charge in [-0.15, -0.1) is 11.6 Å². The Balaban J connectivity index is 3.69. The lowest BCUT2D eigenvalue weighted by Gasteiger charge is -2.19. The zero-order valence-electron chi connectivity index (χ0n) is 7.98. The number of rotatable bonds is 6. The highest BCUT2D eigenvalue weighted by molar-refractivity contribution is 6.17. The monoisotopic (exact) mass is 191 g/mol. The van der Waals surface area contributed by atoms with Crippen LogP contribution in [0.4, 0.5) is 0 Å². The first-order valence-electron chi connectivity index (χ1n) is 4.60. The van der Waals surface area contributed by atoms with E-state index >= 15 is 0 Å². The molecule has 0 heterocycles. The molecule has 0 atom stereocenters. The SMILES string of the molecule is CCCN(CC)C(=O)CCCCl. The number of hydrogen-bond donors (Lipinski definition) is 0. The molecule has 0 aliphatic rings. The van der Waals surface area contributed by atoms with Gasteiger partial charge in [-0.1, -0.05) is 6.92 Å². The van der Waals surface area contributed by atoms with E-state index < -0.39 is 0 Å². The Morgan fingerprint density at radius 2 is 2.08 bits per heavy atom. The van der Waals surface area contributed by atoms with Gasteiger partial charge in [-0.05, 0) is 19.8 Å². The van der Waals surface area contributed by atoms with Gasteiger partial charge in [0.05, 0.1) is 0 Å².